The average Bonchev–Trinajstić information content (AvgIpc) is 3.42. The molecule has 1 fully saturated rings. The number of anilines is 2. The first-order valence-electron chi connectivity index (χ1n) is 8.50. The van der Waals surface area contributed by atoms with Gasteiger partial charge in [0.15, 0.2) is 0 Å². The van der Waals surface area contributed by atoms with Crippen LogP contribution in [0.1, 0.15) is 16.9 Å². The Balaban J connectivity index is 1.52. The standard InChI is InChI=1S/C19H19N3O2S2/c23-11-13-7-8-22(10-13)16-5-2-1-4-14(16)20-18(24)15-12-26-19(21-15)17-6-3-9-25-17/h1-6,9,12-13,23H,7-8,10-11H2,(H,20,24). The maximum atomic E-state index is 12.7. The van der Waals surface area contributed by atoms with Gasteiger partial charge in [-0.2, -0.15) is 0 Å². The van der Waals surface area contributed by atoms with E-state index in [-0.39, 0.29) is 12.5 Å². The number of nitrogens with one attached hydrogen (secondary N) is 1. The highest BCUT2D eigenvalue weighted by Gasteiger charge is 2.24. The van der Waals surface area contributed by atoms with Gasteiger partial charge < -0.3 is 15.3 Å². The minimum absolute atomic E-state index is 0.200. The Bertz CT molecular complexity index is 892. The number of aliphatic hydroxyl groups is 1. The van der Waals surface area contributed by atoms with Crippen LogP contribution in [-0.4, -0.2) is 35.7 Å². The molecule has 3 heterocycles. The molecule has 1 aromatic carbocycles. The Morgan fingerprint density at radius 3 is 2.92 bits per heavy atom. The average molecular weight is 386 g/mol. The van der Waals surface area contributed by atoms with Crippen LogP contribution in [0, 0.1) is 5.92 Å². The first kappa shape index (κ1) is 17.2. The number of hydrogen-bond donors (Lipinski definition) is 2. The lowest BCUT2D eigenvalue weighted by molar-refractivity contribution is 0.102. The number of aliphatic hydroxyl groups excluding tert-OH is 1. The van der Waals surface area contributed by atoms with E-state index in [2.05, 4.69) is 15.2 Å². The van der Waals surface area contributed by atoms with Gasteiger partial charge in [0.25, 0.3) is 5.91 Å². The van der Waals surface area contributed by atoms with Crippen molar-refractivity contribution in [2.75, 3.05) is 29.9 Å². The fourth-order valence-corrected chi connectivity index (χ4v) is 4.75. The smallest absolute Gasteiger partial charge is 0.275 e. The molecule has 1 aliphatic heterocycles. The zero-order chi connectivity index (χ0) is 17.9. The van der Waals surface area contributed by atoms with Crippen molar-refractivity contribution in [1.82, 2.24) is 4.98 Å². The summed E-state index contributed by atoms with van der Waals surface area (Å²) in [6.45, 7) is 1.90. The maximum absolute atomic E-state index is 12.7. The van der Waals surface area contributed by atoms with E-state index in [9.17, 15) is 9.90 Å². The number of thiophene rings is 1. The number of carbonyl (C=O) groups excluding carboxylic acids is 1. The van der Waals surface area contributed by atoms with Gasteiger partial charge in [0.1, 0.15) is 10.7 Å². The fourth-order valence-electron chi connectivity index (χ4n) is 3.13. The first-order chi connectivity index (χ1) is 12.7. The number of nitrogens with zero attached hydrogens (tertiary/aromatic N) is 2. The van der Waals surface area contributed by atoms with Gasteiger partial charge in [-0.3, -0.25) is 4.79 Å². The number of rotatable bonds is 5. The van der Waals surface area contributed by atoms with Gasteiger partial charge in [0.2, 0.25) is 0 Å². The van der Waals surface area contributed by atoms with E-state index in [0.29, 0.717) is 11.6 Å². The van der Waals surface area contributed by atoms with E-state index in [0.717, 1.165) is 40.8 Å². The number of para-hydroxylation sites is 2. The van der Waals surface area contributed by atoms with Crippen molar-refractivity contribution in [2.45, 2.75) is 6.42 Å². The summed E-state index contributed by atoms with van der Waals surface area (Å²) in [5.41, 5.74) is 2.20. The molecule has 0 spiro atoms. The monoisotopic (exact) mass is 385 g/mol. The van der Waals surface area contributed by atoms with Gasteiger partial charge in [-0.25, -0.2) is 4.98 Å². The Morgan fingerprint density at radius 1 is 1.27 bits per heavy atom. The SMILES string of the molecule is O=C(Nc1ccccc1N1CCC(CO)C1)c1csc(-c2cccs2)n1. The second kappa shape index (κ2) is 7.57. The van der Waals surface area contributed by atoms with Crippen LogP contribution < -0.4 is 10.2 Å². The van der Waals surface area contributed by atoms with Gasteiger partial charge in [0, 0.05) is 31.0 Å². The molecule has 1 amide bonds. The number of amides is 1. The predicted octanol–water partition coefficient (Wildman–Crippen LogP) is 3.94. The molecule has 1 unspecified atom stereocenters. The third-order valence-electron chi connectivity index (χ3n) is 4.51. The van der Waals surface area contributed by atoms with Crippen molar-refractivity contribution in [3.8, 4) is 9.88 Å². The summed E-state index contributed by atoms with van der Waals surface area (Å²) in [5, 5.41) is 17.0. The minimum Gasteiger partial charge on any atom is -0.396 e. The van der Waals surface area contributed by atoms with E-state index >= 15 is 0 Å². The summed E-state index contributed by atoms with van der Waals surface area (Å²) < 4.78 is 0. The fraction of sp³-hybridized carbons (Fsp3) is 0.263. The third-order valence-corrected chi connectivity index (χ3v) is 6.39. The van der Waals surface area contributed by atoms with Crippen molar-refractivity contribution in [2.24, 2.45) is 5.92 Å². The van der Waals surface area contributed by atoms with Crippen LogP contribution in [0.5, 0.6) is 0 Å². The van der Waals surface area contributed by atoms with Crippen LogP contribution in [0.4, 0.5) is 11.4 Å². The molecule has 0 aliphatic carbocycles. The minimum atomic E-state index is -0.200. The lowest BCUT2D eigenvalue weighted by atomic mass is 10.1. The van der Waals surface area contributed by atoms with E-state index in [1.807, 2.05) is 41.8 Å². The van der Waals surface area contributed by atoms with E-state index in [1.165, 1.54) is 11.3 Å². The summed E-state index contributed by atoms with van der Waals surface area (Å²) in [6, 6.07) is 11.8. The lowest BCUT2D eigenvalue weighted by Gasteiger charge is -2.22. The largest absolute Gasteiger partial charge is 0.396 e. The topological polar surface area (TPSA) is 65.5 Å². The molecule has 134 valence electrons. The third kappa shape index (κ3) is 3.51. The molecule has 5 nitrogen and oxygen atoms in total. The highest BCUT2D eigenvalue weighted by Crippen LogP contribution is 2.32. The van der Waals surface area contributed by atoms with Gasteiger partial charge in [-0.05, 0) is 30.0 Å². The molecule has 0 bridgehead atoms. The number of thiazole rings is 1. The Morgan fingerprint density at radius 2 is 2.15 bits per heavy atom. The zero-order valence-corrected chi connectivity index (χ0v) is 15.7. The summed E-state index contributed by atoms with van der Waals surface area (Å²) in [6.07, 6.45) is 0.967. The molecule has 0 saturated carbocycles. The number of benzene rings is 1. The van der Waals surface area contributed by atoms with Crippen LogP contribution >= 0.6 is 22.7 Å². The lowest BCUT2D eigenvalue weighted by Crippen LogP contribution is -2.23. The molecule has 1 saturated heterocycles. The highest BCUT2D eigenvalue weighted by molar-refractivity contribution is 7.20. The Labute approximate surface area is 159 Å². The maximum Gasteiger partial charge on any atom is 0.275 e. The molecular formula is C19H19N3O2S2. The summed E-state index contributed by atoms with van der Waals surface area (Å²) >= 11 is 3.09. The van der Waals surface area contributed by atoms with Crippen molar-refractivity contribution in [3.63, 3.8) is 0 Å². The Kier molecular flexibility index (Phi) is 5.01. The molecule has 1 atom stereocenters. The van der Waals surface area contributed by atoms with Crippen LogP contribution in [-0.2, 0) is 0 Å². The zero-order valence-electron chi connectivity index (χ0n) is 14.1. The second-order valence-electron chi connectivity index (χ2n) is 6.27. The Hall–Kier alpha value is -2.22. The molecule has 26 heavy (non-hydrogen) atoms. The first-order valence-corrected chi connectivity index (χ1v) is 10.3. The van der Waals surface area contributed by atoms with Crippen LogP contribution in [0.3, 0.4) is 0 Å². The molecule has 4 rings (SSSR count). The molecular weight excluding hydrogens is 366 g/mol. The van der Waals surface area contributed by atoms with Crippen molar-refractivity contribution in [3.05, 3.63) is 52.9 Å². The van der Waals surface area contributed by atoms with Crippen molar-refractivity contribution in [1.29, 1.82) is 0 Å². The highest BCUT2D eigenvalue weighted by atomic mass is 32.1. The van der Waals surface area contributed by atoms with E-state index in [1.54, 1.807) is 16.7 Å². The second-order valence-corrected chi connectivity index (χ2v) is 8.08. The molecule has 2 aromatic heterocycles. The molecule has 2 N–H and O–H groups in total. The van der Waals surface area contributed by atoms with Crippen molar-refractivity contribution >= 4 is 40.0 Å². The summed E-state index contributed by atoms with van der Waals surface area (Å²) in [5.74, 6) is 0.0973. The van der Waals surface area contributed by atoms with Crippen LogP contribution in [0.25, 0.3) is 9.88 Å². The van der Waals surface area contributed by atoms with E-state index < -0.39 is 0 Å². The molecule has 1 aliphatic rings. The number of aromatic nitrogens is 1. The number of carbonyl (C=O) groups is 1. The van der Waals surface area contributed by atoms with Gasteiger partial charge >= 0.3 is 0 Å². The summed E-state index contributed by atoms with van der Waals surface area (Å²) in [7, 11) is 0. The quantitative estimate of drug-likeness (QED) is 0.698. The van der Waals surface area contributed by atoms with Crippen molar-refractivity contribution < 1.29 is 9.90 Å². The molecule has 7 heteroatoms. The molecule has 0 radical (unpaired) electrons. The predicted molar refractivity (Wildman–Crippen MR) is 107 cm³/mol. The normalized spacial score (nSPS) is 16.8. The summed E-state index contributed by atoms with van der Waals surface area (Å²) in [4.78, 5) is 20.4. The van der Waals surface area contributed by atoms with Gasteiger partial charge in [-0.1, -0.05) is 18.2 Å². The van der Waals surface area contributed by atoms with Gasteiger partial charge in [-0.15, -0.1) is 22.7 Å². The number of hydrogen-bond acceptors (Lipinski definition) is 6. The van der Waals surface area contributed by atoms with E-state index in [4.69, 9.17) is 0 Å². The van der Waals surface area contributed by atoms with Crippen LogP contribution in [0.15, 0.2) is 47.2 Å². The molecule has 3 aromatic rings. The van der Waals surface area contributed by atoms with Gasteiger partial charge in [0.05, 0.1) is 16.3 Å². The van der Waals surface area contributed by atoms with Crippen LogP contribution in [0.2, 0.25) is 0 Å².